The first-order chi connectivity index (χ1) is 11.2. The lowest BCUT2D eigenvalue weighted by molar-refractivity contribution is -0.188. The molecule has 1 atom stereocenters. The highest BCUT2D eigenvalue weighted by molar-refractivity contribution is 6.22. The van der Waals surface area contributed by atoms with Crippen LogP contribution in [0.2, 0.25) is 0 Å². The van der Waals surface area contributed by atoms with E-state index in [1.165, 1.54) is 4.90 Å². The molecule has 1 spiro atoms. The van der Waals surface area contributed by atoms with Gasteiger partial charge in [0.25, 0.3) is 5.91 Å². The van der Waals surface area contributed by atoms with E-state index in [1.54, 1.807) is 12.1 Å². The van der Waals surface area contributed by atoms with Crippen molar-refractivity contribution in [1.82, 2.24) is 4.90 Å². The Kier molecular flexibility index (Phi) is 3.67. The van der Waals surface area contributed by atoms with E-state index in [9.17, 15) is 9.59 Å². The van der Waals surface area contributed by atoms with Gasteiger partial charge in [0, 0.05) is 25.9 Å². The molecule has 1 aromatic carbocycles. The minimum absolute atomic E-state index is 0.120. The van der Waals surface area contributed by atoms with Gasteiger partial charge in [0.2, 0.25) is 5.91 Å². The zero-order valence-corrected chi connectivity index (χ0v) is 12.9. The molecule has 0 aliphatic carbocycles. The van der Waals surface area contributed by atoms with Crippen molar-refractivity contribution in [2.45, 2.75) is 31.1 Å². The van der Waals surface area contributed by atoms with Crippen LogP contribution < -0.4 is 4.90 Å². The van der Waals surface area contributed by atoms with E-state index in [4.69, 9.17) is 9.47 Å². The predicted molar refractivity (Wildman–Crippen MR) is 82.8 cm³/mol. The number of rotatable bonds is 2. The van der Waals surface area contributed by atoms with Gasteiger partial charge in [0.15, 0.2) is 5.79 Å². The fourth-order valence-corrected chi connectivity index (χ4v) is 3.71. The van der Waals surface area contributed by atoms with E-state index in [2.05, 4.69) is 4.90 Å². The molecular formula is C17H20N2O4. The van der Waals surface area contributed by atoms with Crippen LogP contribution in [-0.4, -0.2) is 54.8 Å². The minimum Gasteiger partial charge on any atom is -0.347 e. The topological polar surface area (TPSA) is 59.1 Å². The molecule has 6 heteroatoms. The maximum atomic E-state index is 12.7. The summed E-state index contributed by atoms with van der Waals surface area (Å²) in [5.41, 5.74) is 0.654. The summed E-state index contributed by atoms with van der Waals surface area (Å²) in [6.45, 7) is 2.71. The molecule has 3 fully saturated rings. The fraction of sp³-hybridized carbons (Fsp3) is 0.529. The molecule has 0 radical (unpaired) electrons. The second-order valence-corrected chi connectivity index (χ2v) is 6.27. The number of imide groups is 1. The summed E-state index contributed by atoms with van der Waals surface area (Å²) in [4.78, 5) is 28.5. The average Bonchev–Trinajstić information content (AvgIpc) is 3.14. The molecule has 122 valence electrons. The van der Waals surface area contributed by atoms with Crippen LogP contribution in [0.3, 0.4) is 0 Å². The summed E-state index contributed by atoms with van der Waals surface area (Å²) in [6.07, 6.45) is 1.75. The summed E-state index contributed by atoms with van der Waals surface area (Å²) in [7, 11) is 0. The Morgan fingerprint density at radius 1 is 1.00 bits per heavy atom. The maximum Gasteiger partial charge on any atom is 0.251 e. The maximum absolute atomic E-state index is 12.7. The number of nitrogens with zero attached hydrogens (tertiary/aromatic N) is 2. The van der Waals surface area contributed by atoms with Crippen molar-refractivity contribution in [2.24, 2.45) is 0 Å². The highest BCUT2D eigenvalue weighted by Crippen LogP contribution is 2.34. The quantitative estimate of drug-likeness (QED) is 0.766. The first-order valence-corrected chi connectivity index (χ1v) is 8.12. The van der Waals surface area contributed by atoms with Crippen molar-refractivity contribution < 1.29 is 19.1 Å². The Morgan fingerprint density at radius 3 is 2.30 bits per heavy atom. The molecule has 3 aliphatic heterocycles. The molecule has 3 heterocycles. The fourth-order valence-electron chi connectivity index (χ4n) is 3.71. The molecule has 0 unspecified atom stereocenters. The molecule has 1 aromatic rings. The highest BCUT2D eigenvalue weighted by Gasteiger charge is 2.47. The van der Waals surface area contributed by atoms with E-state index in [0.717, 1.165) is 12.8 Å². The van der Waals surface area contributed by atoms with Gasteiger partial charge in [-0.3, -0.25) is 14.5 Å². The highest BCUT2D eigenvalue weighted by atomic mass is 16.7. The van der Waals surface area contributed by atoms with Crippen molar-refractivity contribution in [3.8, 4) is 0 Å². The molecule has 2 amide bonds. The van der Waals surface area contributed by atoms with Crippen LogP contribution in [0, 0.1) is 0 Å². The van der Waals surface area contributed by atoms with Gasteiger partial charge in [-0.15, -0.1) is 0 Å². The number of para-hydroxylation sites is 1. The van der Waals surface area contributed by atoms with E-state index in [0.29, 0.717) is 32.0 Å². The second kappa shape index (κ2) is 5.70. The Hall–Kier alpha value is -1.76. The first-order valence-electron chi connectivity index (χ1n) is 8.12. The molecule has 0 bridgehead atoms. The summed E-state index contributed by atoms with van der Waals surface area (Å²) >= 11 is 0. The Labute approximate surface area is 134 Å². The van der Waals surface area contributed by atoms with Gasteiger partial charge in [-0.1, -0.05) is 18.2 Å². The number of hydrogen-bond acceptors (Lipinski definition) is 5. The Balaban J connectivity index is 1.47. The second-order valence-electron chi connectivity index (χ2n) is 6.27. The lowest BCUT2D eigenvalue weighted by Crippen LogP contribution is -2.51. The van der Waals surface area contributed by atoms with Gasteiger partial charge < -0.3 is 9.47 Å². The molecule has 0 saturated carbocycles. The monoisotopic (exact) mass is 316 g/mol. The van der Waals surface area contributed by atoms with Gasteiger partial charge in [-0.25, -0.2) is 4.90 Å². The number of piperidine rings is 1. The summed E-state index contributed by atoms with van der Waals surface area (Å²) < 4.78 is 11.4. The third-order valence-corrected chi connectivity index (χ3v) is 4.95. The first kappa shape index (κ1) is 14.8. The van der Waals surface area contributed by atoms with Crippen LogP contribution in [0.25, 0.3) is 0 Å². The number of hydrogen-bond donors (Lipinski definition) is 0. The predicted octanol–water partition coefficient (Wildman–Crippen LogP) is 1.16. The third-order valence-electron chi connectivity index (χ3n) is 4.95. The molecule has 3 saturated heterocycles. The third kappa shape index (κ3) is 2.56. The lowest BCUT2D eigenvalue weighted by atomic mass is 10.0. The summed E-state index contributed by atoms with van der Waals surface area (Å²) in [5.74, 6) is -0.702. The number of anilines is 1. The van der Waals surface area contributed by atoms with Gasteiger partial charge in [0.1, 0.15) is 0 Å². The van der Waals surface area contributed by atoms with Gasteiger partial charge in [-0.2, -0.15) is 0 Å². The molecule has 23 heavy (non-hydrogen) atoms. The smallest absolute Gasteiger partial charge is 0.251 e. The number of carbonyl (C=O) groups excluding carboxylic acids is 2. The van der Waals surface area contributed by atoms with Crippen molar-refractivity contribution in [2.75, 3.05) is 31.2 Å². The number of carbonyl (C=O) groups is 2. The van der Waals surface area contributed by atoms with Gasteiger partial charge in [-0.05, 0) is 12.1 Å². The van der Waals surface area contributed by atoms with E-state index >= 15 is 0 Å². The number of amides is 2. The number of benzene rings is 1. The van der Waals surface area contributed by atoms with Crippen LogP contribution in [-0.2, 0) is 19.1 Å². The van der Waals surface area contributed by atoms with Crippen LogP contribution >= 0.6 is 0 Å². The van der Waals surface area contributed by atoms with Gasteiger partial charge in [0.05, 0.1) is 31.4 Å². The van der Waals surface area contributed by atoms with Crippen LogP contribution in [0.1, 0.15) is 19.3 Å². The van der Waals surface area contributed by atoms with Crippen molar-refractivity contribution in [1.29, 1.82) is 0 Å². The van der Waals surface area contributed by atoms with E-state index < -0.39 is 5.79 Å². The lowest BCUT2D eigenvalue weighted by Gasteiger charge is -2.39. The largest absolute Gasteiger partial charge is 0.347 e. The average molecular weight is 316 g/mol. The van der Waals surface area contributed by atoms with Crippen molar-refractivity contribution in [3.63, 3.8) is 0 Å². The van der Waals surface area contributed by atoms with E-state index in [-0.39, 0.29) is 24.3 Å². The molecule has 0 aromatic heterocycles. The normalized spacial score (nSPS) is 28.0. The van der Waals surface area contributed by atoms with Crippen LogP contribution in [0.15, 0.2) is 30.3 Å². The Bertz CT molecular complexity index is 602. The molecule has 0 N–H and O–H groups in total. The molecule has 6 nitrogen and oxygen atoms in total. The van der Waals surface area contributed by atoms with E-state index in [1.807, 2.05) is 18.2 Å². The molecular weight excluding hydrogens is 296 g/mol. The number of likely N-dealkylation sites (tertiary alicyclic amines) is 1. The van der Waals surface area contributed by atoms with Crippen molar-refractivity contribution >= 4 is 17.5 Å². The zero-order chi connectivity index (χ0) is 15.9. The Morgan fingerprint density at radius 2 is 1.65 bits per heavy atom. The summed E-state index contributed by atoms with van der Waals surface area (Å²) in [5, 5.41) is 0. The summed E-state index contributed by atoms with van der Waals surface area (Å²) in [6, 6.07) is 8.78. The standard InChI is InChI=1S/C17H20N2O4/c20-15-12-14(16(21)19(15)13-4-2-1-3-5-13)18-8-6-17(7-9-18)22-10-11-23-17/h1-5,14H,6-12H2/t14-/m1/s1. The SMILES string of the molecule is O=C1C[C@@H](N2CCC3(CC2)OCCO3)C(=O)N1c1ccccc1. The van der Waals surface area contributed by atoms with Gasteiger partial charge >= 0.3 is 0 Å². The van der Waals surface area contributed by atoms with Crippen LogP contribution in [0.4, 0.5) is 5.69 Å². The number of ether oxygens (including phenoxy) is 2. The zero-order valence-electron chi connectivity index (χ0n) is 12.9. The molecule has 3 aliphatic rings. The van der Waals surface area contributed by atoms with Crippen molar-refractivity contribution in [3.05, 3.63) is 30.3 Å². The van der Waals surface area contributed by atoms with Crippen LogP contribution in [0.5, 0.6) is 0 Å². The molecule has 4 rings (SSSR count). The minimum atomic E-state index is -0.457.